The minimum absolute atomic E-state index is 0.0574. The monoisotopic (exact) mass is 605 g/mol. The summed E-state index contributed by atoms with van der Waals surface area (Å²) in [7, 11) is -4.09. The van der Waals surface area contributed by atoms with Crippen LogP contribution in [0.5, 0.6) is 0 Å². The molecule has 1 saturated heterocycles. The highest BCUT2D eigenvalue weighted by atomic mass is 32.2. The van der Waals surface area contributed by atoms with Crippen LogP contribution in [0.3, 0.4) is 0 Å². The number of hydrogen-bond donors (Lipinski definition) is 1. The molecule has 2 heterocycles. The molecule has 3 aromatic carbocycles. The number of carbonyl (C=O) groups is 4. The van der Waals surface area contributed by atoms with Crippen LogP contribution in [0.4, 0.5) is 22.7 Å². The second-order valence-corrected chi connectivity index (χ2v) is 11.6. The van der Waals surface area contributed by atoms with E-state index in [1.807, 2.05) is 4.72 Å². The fraction of sp³-hybridized carbons (Fsp3) is 0.0741. The van der Waals surface area contributed by atoms with Crippen molar-refractivity contribution in [1.82, 2.24) is 4.72 Å². The number of thioether (sulfide) groups is 1. The molecule has 42 heavy (non-hydrogen) atoms. The molecule has 0 bridgehead atoms. The number of imide groups is 1. The first-order chi connectivity index (χ1) is 19.9. The van der Waals surface area contributed by atoms with Crippen LogP contribution in [-0.4, -0.2) is 42.1 Å². The Morgan fingerprint density at radius 3 is 2.21 bits per heavy atom. The Kier molecular flexibility index (Phi) is 7.22. The molecule has 4 amide bonds. The molecule has 0 aliphatic carbocycles. The smallest absolute Gasteiger partial charge is 0.272 e. The molecule has 15 heteroatoms. The van der Waals surface area contributed by atoms with Gasteiger partial charge < -0.3 is 0 Å². The lowest BCUT2D eigenvalue weighted by Crippen LogP contribution is -2.32. The van der Waals surface area contributed by atoms with Gasteiger partial charge in [0, 0.05) is 31.5 Å². The van der Waals surface area contributed by atoms with Gasteiger partial charge in [-0.2, -0.15) is 0 Å². The fourth-order valence-corrected chi connectivity index (χ4v) is 6.45. The number of amidine groups is 1. The number of nitrogens with zero attached hydrogens (tertiary/aromatic N) is 4. The normalized spacial score (nSPS) is 17.5. The number of amides is 4. The molecule has 2 aliphatic heterocycles. The van der Waals surface area contributed by atoms with Crippen molar-refractivity contribution >= 4 is 78.9 Å². The van der Waals surface area contributed by atoms with E-state index in [9.17, 15) is 37.7 Å². The predicted molar refractivity (Wildman–Crippen MR) is 154 cm³/mol. The second kappa shape index (κ2) is 10.7. The first kappa shape index (κ1) is 28.4. The van der Waals surface area contributed by atoms with Gasteiger partial charge in [-0.05, 0) is 54.2 Å². The Morgan fingerprint density at radius 1 is 0.952 bits per heavy atom. The summed E-state index contributed by atoms with van der Waals surface area (Å²) in [6.07, 6.45) is 0. The number of nitro groups is 1. The number of aliphatic imine (C=N–C) groups is 1. The minimum Gasteiger partial charge on any atom is -0.274 e. The summed E-state index contributed by atoms with van der Waals surface area (Å²) >= 11 is 0.829. The minimum atomic E-state index is -4.09. The number of nitrogens with one attached hydrogen (secondary N) is 1. The third kappa shape index (κ3) is 5.06. The van der Waals surface area contributed by atoms with Gasteiger partial charge in [0.05, 0.1) is 37.4 Å². The number of benzene rings is 3. The van der Waals surface area contributed by atoms with E-state index in [4.69, 9.17) is 0 Å². The third-order valence-electron chi connectivity index (χ3n) is 6.11. The molecule has 0 radical (unpaired) electrons. The van der Waals surface area contributed by atoms with E-state index in [0.29, 0.717) is 5.69 Å². The number of para-hydroxylation sites is 1. The zero-order chi connectivity index (χ0) is 30.3. The van der Waals surface area contributed by atoms with Crippen molar-refractivity contribution in [2.24, 2.45) is 4.99 Å². The first-order valence-electron chi connectivity index (χ1n) is 12.1. The van der Waals surface area contributed by atoms with Gasteiger partial charge in [-0.25, -0.2) is 23.0 Å². The van der Waals surface area contributed by atoms with Gasteiger partial charge in [0.15, 0.2) is 5.17 Å². The number of anilines is 2. The van der Waals surface area contributed by atoms with Crippen LogP contribution in [0.1, 0.15) is 19.4 Å². The quantitative estimate of drug-likeness (QED) is 0.259. The summed E-state index contributed by atoms with van der Waals surface area (Å²) in [6, 6.07) is 17.2. The van der Waals surface area contributed by atoms with Gasteiger partial charge in [-0.3, -0.25) is 34.2 Å². The van der Waals surface area contributed by atoms with Crippen molar-refractivity contribution in [3.05, 3.63) is 93.4 Å². The van der Waals surface area contributed by atoms with Crippen molar-refractivity contribution in [1.29, 1.82) is 0 Å². The van der Waals surface area contributed by atoms with Gasteiger partial charge in [0.25, 0.3) is 27.5 Å². The largest absolute Gasteiger partial charge is 0.274 e. The maximum atomic E-state index is 13.9. The molecule has 5 rings (SSSR count). The first-order valence-corrected chi connectivity index (χ1v) is 14.4. The van der Waals surface area contributed by atoms with Gasteiger partial charge in [0.2, 0.25) is 11.8 Å². The third-order valence-corrected chi connectivity index (χ3v) is 8.59. The molecule has 1 N–H and O–H groups in total. The maximum Gasteiger partial charge on any atom is 0.272 e. The van der Waals surface area contributed by atoms with E-state index < -0.39 is 38.6 Å². The van der Waals surface area contributed by atoms with E-state index in [-0.39, 0.29) is 43.2 Å². The van der Waals surface area contributed by atoms with Crippen molar-refractivity contribution in [3.8, 4) is 0 Å². The van der Waals surface area contributed by atoms with Crippen molar-refractivity contribution < 1.29 is 32.5 Å². The van der Waals surface area contributed by atoms with Gasteiger partial charge >= 0.3 is 0 Å². The lowest BCUT2D eigenvalue weighted by molar-refractivity contribution is -0.384. The number of nitro benzene ring substituents is 1. The summed E-state index contributed by atoms with van der Waals surface area (Å²) < 4.78 is 26.5. The van der Waals surface area contributed by atoms with Crippen molar-refractivity contribution in [3.63, 3.8) is 0 Å². The van der Waals surface area contributed by atoms with Crippen molar-refractivity contribution in [2.45, 2.75) is 18.7 Å². The zero-order valence-electron chi connectivity index (χ0n) is 21.8. The standard InChI is InChI=1S/C27H19N5O8S2/c1-15(33)29-42(39,40)20-11-8-17(9-12-20)28-27-31(18-6-4-3-5-7-18)26(36)24(41-27)23-21-14-19(32(37)38)10-13-22(21)30(16(2)34)25(23)35/h3-14H,1-2H3,(H,29,33)/b24-23-,28-27?. The number of fused-ring (bicyclic) bond motifs is 1. The molecule has 13 nitrogen and oxygen atoms in total. The highest BCUT2D eigenvalue weighted by molar-refractivity contribution is 8.19. The molecule has 2 aliphatic rings. The van der Waals surface area contributed by atoms with Gasteiger partial charge in [0.1, 0.15) is 0 Å². The molecule has 0 atom stereocenters. The highest BCUT2D eigenvalue weighted by Crippen LogP contribution is 2.47. The molecule has 1 fully saturated rings. The van der Waals surface area contributed by atoms with Crippen LogP contribution < -0.4 is 14.5 Å². The molecular formula is C27H19N5O8S2. The van der Waals surface area contributed by atoms with Crippen LogP contribution >= 0.6 is 11.8 Å². The number of hydrogen-bond acceptors (Lipinski definition) is 10. The van der Waals surface area contributed by atoms with E-state index in [2.05, 4.69) is 4.99 Å². The Balaban J connectivity index is 1.65. The second-order valence-electron chi connectivity index (χ2n) is 8.95. The zero-order valence-corrected chi connectivity index (χ0v) is 23.4. The Labute approximate surface area is 242 Å². The highest BCUT2D eigenvalue weighted by Gasteiger charge is 2.45. The molecule has 0 spiro atoms. The predicted octanol–water partition coefficient (Wildman–Crippen LogP) is 3.49. The van der Waals surface area contributed by atoms with Crippen LogP contribution in [0, 0.1) is 10.1 Å². The number of sulfonamides is 1. The average Bonchev–Trinajstić information content (AvgIpc) is 3.40. The van der Waals surface area contributed by atoms with Crippen molar-refractivity contribution in [2.75, 3.05) is 9.80 Å². The number of carbonyl (C=O) groups excluding carboxylic acids is 4. The van der Waals surface area contributed by atoms with E-state index in [0.717, 1.165) is 35.7 Å². The molecule has 0 saturated carbocycles. The number of rotatable bonds is 5. The Bertz CT molecular complexity index is 1870. The maximum absolute atomic E-state index is 13.9. The summed E-state index contributed by atoms with van der Waals surface area (Å²) in [5.41, 5.74) is 0.315. The van der Waals surface area contributed by atoms with Crippen LogP contribution in [0.2, 0.25) is 0 Å². The average molecular weight is 606 g/mol. The van der Waals surface area contributed by atoms with Gasteiger partial charge in [-0.15, -0.1) is 0 Å². The molecule has 0 unspecified atom stereocenters. The lowest BCUT2D eigenvalue weighted by atomic mass is 10.1. The SMILES string of the molecule is CC(=O)NS(=O)(=O)c1ccc(N=C2S/C(=C3\C(=O)N(C(C)=O)c4ccc([N+](=O)[O-])cc43)C(=O)N2c2ccccc2)cc1. The topological polar surface area (TPSA) is 176 Å². The molecule has 212 valence electrons. The van der Waals surface area contributed by atoms with E-state index in [1.165, 1.54) is 42.2 Å². The van der Waals surface area contributed by atoms with Crippen LogP contribution in [0.15, 0.2) is 87.6 Å². The number of non-ortho nitro benzene ring substituents is 1. The van der Waals surface area contributed by atoms with Crippen LogP contribution in [-0.2, 0) is 29.2 Å². The Hall–Kier alpha value is -5.15. The molecule has 0 aromatic heterocycles. The summed E-state index contributed by atoms with van der Waals surface area (Å²) in [5, 5.41) is 11.6. The summed E-state index contributed by atoms with van der Waals surface area (Å²) in [5.74, 6) is -2.85. The Morgan fingerprint density at radius 2 is 1.62 bits per heavy atom. The summed E-state index contributed by atoms with van der Waals surface area (Å²) in [4.78, 5) is 68.2. The molecule has 3 aromatic rings. The summed E-state index contributed by atoms with van der Waals surface area (Å²) in [6.45, 7) is 2.23. The van der Waals surface area contributed by atoms with E-state index >= 15 is 0 Å². The van der Waals surface area contributed by atoms with Crippen LogP contribution in [0.25, 0.3) is 5.57 Å². The van der Waals surface area contributed by atoms with Gasteiger partial charge in [-0.1, -0.05) is 18.2 Å². The van der Waals surface area contributed by atoms with E-state index in [1.54, 1.807) is 30.3 Å². The fourth-order valence-electron chi connectivity index (χ4n) is 4.36. The lowest BCUT2D eigenvalue weighted by Gasteiger charge is -2.15. The molecular weight excluding hydrogens is 586 g/mol.